The van der Waals surface area contributed by atoms with E-state index in [2.05, 4.69) is 26.0 Å². The molecule has 2 N–H and O–H groups in total. The average Bonchev–Trinajstić information content (AvgIpc) is 2.86. The van der Waals surface area contributed by atoms with Crippen molar-refractivity contribution in [3.8, 4) is 0 Å². The van der Waals surface area contributed by atoms with Crippen LogP contribution in [-0.4, -0.2) is 21.4 Å². The van der Waals surface area contributed by atoms with E-state index in [9.17, 15) is 13.2 Å². The molecule has 20 heavy (non-hydrogen) atoms. The maximum absolute atomic E-state index is 11.8. The molecular weight excluding hydrogens is 348 g/mol. The van der Waals surface area contributed by atoms with Crippen LogP contribution >= 0.6 is 15.9 Å². The summed E-state index contributed by atoms with van der Waals surface area (Å²) in [6.07, 6.45) is 0. The molecule has 6 nitrogen and oxygen atoms in total. The van der Waals surface area contributed by atoms with Crippen LogP contribution in [-0.2, 0) is 10.0 Å². The molecule has 0 saturated carbocycles. The molecule has 2 rings (SSSR count). The Balaban J connectivity index is 2.14. The van der Waals surface area contributed by atoms with Gasteiger partial charge in [0.05, 0.1) is 4.90 Å². The molecule has 8 heteroatoms. The van der Waals surface area contributed by atoms with Crippen LogP contribution in [0, 0.1) is 0 Å². The molecule has 0 aliphatic rings. The lowest BCUT2D eigenvalue weighted by molar-refractivity contribution is 0.0995. The number of furan rings is 1. The van der Waals surface area contributed by atoms with Crippen LogP contribution in [0.2, 0.25) is 0 Å². The van der Waals surface area contributed by atoms with Crippen molar-refractivity contribution in [2.24, 2.45) is 0 Å². The Morgan fingerprint density at radius 1 is 1.15 bits per heavy atom. The highest BCUT2D eigenvalue weighted by Crippen LogP contribution is 2.17. The highest BCUT2D eigenvalue weighted by molar-refractivity contribution is 9.10. The molecule has 1 heterocycles. The third kappa shape index (κ3) is 3.27. The van der Waals surface area contributed by atoms with Crippen LogP contribution in [0.4, 0.5) is 5.69 Å². The van der Waals surface area contributed by atoms with Gasteiger partial charge in [0.2, 0.25) is 10.0 Å². The summed E-state index contributed by atoms with van der Waals surface area (Å²) in [6.45, 7) is 0. The summed E-state index contributed by atoms with van der Waals surface area (Å²) >= 11 is 3.10. The summed E-state index contributed by atoms with van der Waals surface area (Å²) in [5, 5.41) is 2.60. The summed E-state index contributed by atoms with van der Waals surface area (Å²) in [6, 6.07) is 8.94. The topological polar surface area (TPSA) is 88.4 Å². The van der Waals surface area contributed by atoms with Gasteiger partial charge in [-0.05, 0) is 59.4 Å². The van der Waals surface area contributed by atoms with Crippen LogP contribution in [0.3, 0.4) is 0 Å². The van der Waals surface area contributed by atoms with Gasteiger partial charge in [-0.25, -0.2) is 13.1 Å². The van der Waals surface area contributed by atoms with Gasteiger partial charge >= 0.3 is 0 Å². The largest absolute Gasteiger partial charge is 0.444 e. The number of hydrogen-bond donors (Lipinski definition) is 2. The number of carbonyl (C=O) groups is 1. The lowest BCUT2D eigenvalue weighted by Crippen LogP contribution is -2.18. The number of hydrogen-bond acceptors (Lipinski definition) is 4. The van der Waals surface area contributed by atoms with Crippen LogP contribution in [0.5, 0.6) is 0 Å². The zero-order valence-corrected chi connectivity index (χ0v) is 12.8. The van der Waals surface area contributed by atoms with E-state index in [4.69, 9.17) is 4.42 Å². The summed E-state index contributed by atoms with van der Waals surface area (Å²) < 4.78 is 30.9. The molecule has 0 bridgehead atoms. The molecule has 0 fully saturated rings. The minimum Gasteiger partial charge on any atom is -0.444 e. The Hall–Kier alpha value is -1.64. The van der Waals surface area contributed by atoms with Gasteiger partial charge in [-0.3, -0.25) is 4.79 Å². The first-order valence-electron chi connectivity index (χ1n) is 5.52. The normalized spacial score (nSPS) is 11.3. The van der Waals surface area contributed by atoms with Crippen molar-refractivity contribution in [2.45, 2.75) is 4.90 Å². The molecule has 1 aromatic carbocycles. The first-order valence-corrected chi connectivity index (χ1v) is 7.80. The summed E-state index contributed by atoms with van der Waals surface area (Å²) in [7, 11) is -2.15. The van der Waals surface area contributed by atoms with Crippen LogP contribution < -0.4 is 10.0 Å². The number of halogens is 1. The number of sulfonamides is 1. The molecule has 0 saturated heterocycles. The van der Waals surface area contributed by atoms with Crippen LogP contribution in [0.1, 0.15) is 10.6 Å². The smallest absolute Gasteiger partial charge is 0.291 e. The molecule has 1 aromatic heterocycles. The second-order valence-electron chi connectivity index (χ2n) is 3.79. The van der Waals surface area contributed by atoms with Crippen molar-refractivity contribution in [1.82, 2.24) is 4.72 Å². The summed E-state index contributed by atoms with van der Waals surface area (Å²) in [4.78, 5) is 11.9. The fraction of sp³-hybridized carbons (Fsp3) is 0.0833. The van der Waals surface area contributed by atoms with Gasteiger partial charge in [-0.15, -0.1) is 0 Å². The highest BCUT2D eigenvalue weighted by Gasteiger charge is 2.13. The number of nitrogens with one attached hydrogen (secondary N) is 2. The molecular formula is C12H11BrN2O4S. The van der Waals surface area contributed by atoms with E-state index in [0.29, 0.717) is 10.4 Å². The Bertz CT molecular complexity index is 722. The summed E-state index contributed by atoms with van der Waals surface area (Å²) in [5.41, 5.74) is 0.470. The Morgan fingerprint density at radius 3 is 2.30 bits per heavy atom. The van der Waals surface area contributed by atoms with Gasteiger partial charge in [-0.2, -0.15) is 0 Å². The number of benzene rings is 1. The van der Waals surface area contributed by atoms with Gasteiger partial charge in [0.15, 0.2) is 10.4 Å². The third-order valence-corrected chi connectivity index (χ3v) is 4.34. The quantitative estimate of drug-likeness (QED) is 0.876. The Morgan fingerprint density at radius 2 is 1.80 bits per heavy atom. The molecule has 0 atom stereocenters. The average molecular weight is 359 g/mol. The summed E-state index contributed by atoms with van der Waals surface area (Å²) in [5.74, 6) is -0.260. The van der Waals surface area contributed by atoms with E-state index in [1.165, 1.54) is 37.4 Å². The molecule has 0 radical (unpaired) electrons. The predicted molar refractivity (Wildman–Crippen MR) is 77.0 cm³/mol. The van der Waals surface area contributed by atoms with Crippen molar-refractivity contribution in [3.63, 3.8) is 0 Å². The highest BCUT2D eigenvalue weighted by atomic mass is 79.9. The van der Waals surface area contributed by atoms with Crippen LogP contribution in [0.25, 0.3) is 0 Å². The predicted octanol–water partition coefficient (Wildman–Crippen LogP) is 2.20. The van der Waals surface area contributed by atoms with Gasteiger partial charge in [0.1, 0.15) is 0 Å². The van der Waals surface area contributed by atoms with E-state index < -0.39 is 15.9 Å². The molecule has 0 spiro atoms. The first-order chi connectivity index (χ1) is 9.42. The monoisotopic (exact) mass is 358 g/mol. The van der Waals surface area contributed by atoms with Crippen LogP contribution in [0.15, 0.2) is 50.4 Å². The third-order valence-electron chi connectivity index (χ3n) is 2.49. The second-order valence-corrected chi connectivity index (χ2v) is 6.46. The van der Waals surface area contributed by atoms with E-state index >= 15 is 0 Å². The number of anilines is 1. The fourth-order valence-electron chi connectivity index (χ4n) is 1.46. The van der Waals surface area contributed by atoms with Gasteiger partial charge in [-0.1, -0.05) is 0 Å². The van der Waals surface area contributed by atoms with Crippen molar-refractivity contribution < 1.29 is 17.6 Å². The number of carbonyl (C=O) groups excluding carboxylic acids is 1. The fourth-order valence-corrected chi connectivity index (χ4v) is 2.50. The lowest BCUT2D eigenvalue weighted by atomic mass is 10.3. The Labute approximate surface area is 124 Å². The maximum atomic E-state index is 11.8. The van der Waals surface area contributed by atoms with E-state index in [1.54, 1.807) is 6.07 Å². The van der Waals surface area contributed by atoms with Gasteiger partial charge < -0.3 is 9.73 Å². The van der Waals surface area contributed by atoms with E-state index in [-0.39, 0.29) is 10.7 Å². The van der Waals surface area contributed by atoms with Gasteiger partial charge in [0.25, 0.3) is 5.91 Å². The van der Waals surface area contributed by atoms with Gasteiger partial charge in [0, 0.05) is 5.69 Å². The molecule has 1 amide bonds. The zero-order chi connectivity index (χ0) is 14.8. The minimum absolute atomic E-state index is 0.124. The lowest BCUT2D eigenvalue weighted by Gasteiger charge is -2.05. The molecule has 2 aromatic rings. The zero-order valence-electron chi connectivity index (χ0n) is 10.4. The molecule has 106 valence electrons. The second kappa shape index (κ2) is 5.78. The number of amides is 1. The Kier molecular flexibility index (Phi) is 4.26. The molecule has 0 aliphatic heterocycles. The maximum Gasteiger partial charge on any atom is 0.291 e. The van der Waals surface area contributed by atoms with Crippen molar-refractivity contribution in [3.05, 3.63) is 46.8 Å². The standard InChI is InChI=1S/C12H11BrN2O4S/c1-14-20(17,18)9-4-2-8(3-5-9)15-12(16)10-6-7-11(13)19-10/h2-7,14H,1H3,(H,15,16). The van der Waals surface area contributed by atoms with Crippen molar-refractivity contribution >= 4 is 37.5 Å². The molecule has 0 unspecified atom stereocenters. The first kappa shape index (κ1) is 14.8. The molecule has 0 aliphatic carbocycles. The van der Waals surface area contributed by atoms with Crippen molar-refractivity contribution in [1.29, 1.82) is 0 Å². The number of rotatable bonds is 4. The SMILES string of the molecule is CNS(=O)(=O)c1ccc(NC(=O)c2ccc(Br)o2)cc1. The van der Waals surface area contributed by atoms with Crippen molar-refractivity contribution in [2.75, 3.05) is 12.4 Å². The van der Waals surface area contributed by atoms with E-state index in [0.717, 1.165) is 0 Å². The minimum atomic E-state index is -3.48. The van der Waals surface area contributed by atoms with E-state index in [1.807, 2.05) is 0 Å².